The quantitative estimate of drug-likeness (QED) is 0.712. The van der Waals surface area contributed by atoms with Crippen LogP contribution in [0.5, 0.6) is 5.75 Å². The lowest BCUT2D eigenvalue weighted by atomic mass is 10.2. The number of ether oxygens (including phenoxy) is 1. The number of benzene rings is 2. The van der Waals surface area contributed by atoms with Crippen LogP contribution in [-0.4, -0.2) is 10.1 Å². The molecule has 3 aromatic rings. The molecule has 2 aromatic carbocycles. The smallest absolute Gasteiger partial charge is 0.233 e. The van der Waals surface area contributed by atoms with Gasteiger partial charge in [0.2, 0.25) is 5.89 Å². The average Bonchev–Trinajstić information content (AvgIpc) is 2.90. The molecular formula is C15H14N2O3. The SMILES string of the molecule is Nc1cccc2oc(COc3ccccc3CO)nc12. The summed E-state index contributed by atoms with van der Waals surface area (Å²) in [4.78, 5) is 4.30. The molecule has 3 N–H and O–H groups in total. The van der Waals surface area contributed by atoms with Gasteiger partial charge in [-0.05, 0) is 18.2 Å². The average molecular weight is 270 g/mol. The van der Waals surface area contributed by atoms with Crippen LogP contribution in [-0.2, 0) is 13.2 Å². The number of aliphatic hydroxyl groups is 1. The summed E-state index contributed by atoms with van der Waals surface area (Å²) in [5.41, 5.74) is 8.41. The van der Waals surface area contributed by atoms with E-state index in [2.05, 4.69) is 4.98 Å². The molecule has 0 aliphatic heterocycles. The zero-order valence-electron chi connectivity index (χ0n) is 10.7. The number of anilines is 1. The molecule has 0 spiro atoms. The fourth-order valence-corrected chi connectivity index (χ4v) is 1.99. The highest BCUT2D eigenvalue weighted by Gasteiger charge is 2.09. The van der Waals surface area contributed by atoms with Gasteiger partial charge in [-0.15, -0.1) is 0 Å². The largest absolute Gasteiger partial charge is 0.483 e. The fourth-order valence-electron chi connectivity index (χ4n) is 1.99. The number of fused-ring (bicyclic) bond motifs is 1. The number of nitrogen functional groups attached to an aromatic ring is 1. The number of rotatable bonds is 4. The van der Waals surface area contributed by atoms with Crippen LogP contribution in [0.15, 0.2) is 46.9 Å². The van der Waals surface area contributed by atoms with Crippen molar-refractivity contribution < 1.29 is 14.3 Å². The third kappa shape index (κ3) is 2.31. The van der Waals surface area contributed by atoms with Gasteiger partial charge in [-0.25, -0.2) is 4.98 Å². The lowest BCUT2D eigenvalue weighted by molar-refractivity contribution is 0.243. The van der Waals surface area contributed by atoms with Crippen LogP contribution in [0.3, 0.4) is 0 Å². The number of nitrogens with two attached hydrogens (primary N) is 1. The molecule has 20 heavy (non-hydrogen) atoms. The van der Waals surface area contributed by atoms with Gasteiger partial charge in [0.1, 0.15) is 11.3 Å². The maximum absolute atomic E-state index is 9.23. The van der Waals surface area contributed by atoms with Crippen LogP contribution in [0.25, 0.3) is 11.1 Å². The standard InChI is InChI=1S/C15H14N2O3/c16-11-5-3-7-13-15(11)17-14(20-13)9-19-12-6-2-1-4-10(12)8-18/h1-7,18H,8-9,16H2. The van der Waals surface area contributed by atoms with Crippen LogP contribution in [0.1, 0.15) is 11.5 Å². The van der Waals surface area contributed by atoms with Crippen LogP contribution >= 0.6 is 0 Å². The van der Waals surface area contributed by atoms with Crippen molar-refractivity contribution in [3.05, 3.63) is 53.9 Å². The second kappa shape index (κ2) is 5.22. The van der Waals surface area contributed by atoms with E-state index < -0.39 is 0 Å². The van der Waals surface area contributed by atoms with Crippen molar-refractivity contribution in [3.63, 3.8) is 0 Å². The maximum atomic E-state index is 9.23. The molecule has 5 nitrogen and oxygen atoms in total. The lowest BCUT2D eigenvalue weighted by Gasteiger charge is -2.07. The second-order valence-electron chi connectivity index (χ2n) is 4.36. The van der Waals surface area contributed by atoms with Crippen LogP contribution in [0.2, 0.25) is 0 Å². The van der Waals surface area contributed by atoms with Gasteiger partial charge in [0.25, 0.3) is 0 Å². The summed E-state index contributed by atoms with van der Waals surface area (Å²) in [6.45, 7) is 0.113. The maximum Gasteiger partial charge on any atom is 0.233 e. The molecule has 0 saturated heterocycles. The summed E-state index contributed by atoms with van der Waals surface area (Å²) in [5, 5.41) is 9.23. The predicted octanol–water partition coefficient (Wildman–Crippen LogP) is 2.48. The minimum atomic E-state index is -0.0727. The zero-order valence-corrected chi connectivity index (χ0v) is 10.7. The molecule has 0 unspecified atom stereocenters. The first-order valence-corrected chi connectivity index (χ1v) is 6.23. The molecule has 102 valence electrons. The van der Waals surface area contributed by atoms with Crippen molar-refractivity contribution in [2.24, 2.45) is 0 Å². The van der Waals surface area contributed by atoms with E-state index in [0.29, 0.717) is 28.4 Å². The van der Waals surface area contributed by atoms with Gasteiger partial charge >= 0.3 is 0 Å². The summed E-state index contributed by atoms with van der Waals surface area (Å²) in [6.07, 6.45) is 0. The summed E-state index contributed by atoms with van der Waals surface area (Å²) >= 11 is 0. The Morgan fingerprint density at radius 3 is 2.80 bits per heavy atom. The van der Waals surface area contributed by atoms with Gasteiger partial charge in [0.15, 0.2) is 12.2 Å². The van der Waals surface area contributed by atoms with Crippen molar-refractivity contribution >= 4 is 16.8 Å². The first-order valence-electron chi connectivity index (χ1n) is 6.23. The van der Waals surface area contributed by atoms with E-state index in [1.54, 1.807) is 18.2 Å². The monoisotopic (exact) mass is 270 g/mol. The predicted molar refractivity (Wildman–Crippen MR) is 75.1 cm³/mol. The molecule has 1 heterocycles. The molecule has 3 rings (SSSR count). The Bertz CT molecular complexity index is 737. The molecule has 0 aliphatic carbocycles. The van der Waals surface area contributed by atoms with E-state index in [4.69, 9.17) is 14.9 Å². The Morgan fingerprint density at radius 2 is 2.00 bits per heavy atom. The van der Waals surface area contributed by atoms with Gasteiger partial charge < -0.3 is 20.0 Å². The van der Waals surface area contributed by atoms with Gasteiger partial charge in [-0.1, -0.05) is 24.3 Å². The number of aromatic nitrogens is 1. The van der Waals surface area contributed by atoms with E-state index in [0.717, 1.165) is 5.56 Å². The van der Waals surface area contributed by atoms with Crippen molar-refractivity contribution in [3.8, 4) is 5.75 Å². The van der Waals surface area contributed by atoms with E-state index in [1.807, 2.05) is 24.3 Å². The van der Waals surface area contributed by atoms with E-state index in [9.17, 15) is 5.11 Å². The Morgan fingerprint density at radius 1 is 1.15 bits per heavy atom. The van der Waals surface area contributed by atoms with E-state index in [-0.39, 0.29) is 13.2 Å². The highest BCUT2D eigenvalue weighted by Crippen LogP contribution is 2.23. The number of aliphatic hydroxyl groups excluding tert-OH is 1. The van der Waals surface area contributed by atoms with Crippen molar-refractivity contribution in [2.45, 2.75) is 13.2 Å². The Balaban J connectivity index is 1.82. The number of para-hydroxylation sites is 2. The van der Waals surface area contributed by atoms with Crippen LogP contribution in [0, 0.1) is 0 Å². The number of nitrogens with zero attached hydrogens (tertiary/aromatic N) is 1. The molecule has 0 fully saturated rings. The highest BCUT2D eigenvalue weighted by atomic mass is 16.5. The summed E-state index contributed by atoms with van der Waals surface area (Å²) in [6, 6.07) is 12.7. The summed E-state index contributed by atoms with van der Waals surface area (Å²) in [5.74, 6) is 1.07. The minimum absolute atomic E-state index is 0.0727. The molecular weight excluding hydrogens is 256 g/mol. The van der Waals surface area contributed by atoms with Crippen molar-refractivity contribution in [1.29, 1.82) is 0 Å². The number of hydrogen-bond acceptors (Lipinski definition) is 5. The van der Waals surface area contributed by atoms with E-state index >= 15 is 0 Å². The van der Waals surface area contributed by atoms with Crippen LogP contribution in [0.4, 0.5) is 5.69 Å². The Labute approximate surface area is 115 Å². The van der Waals surface area contributed by atoms with Crippen LogP contribution < -0.4 is 10.5 Å². The molecule has 0 saturated carbocycles. The second-order valence-corrected chi connectivity index (χ2v) is 4.36. The van der Waals surface area contributed by atoms with E-state index in [1.165, 1.54) is 0 Å². The van der Waals surface area contributed by atoms with Gasteiger partial charge in [0, 0.05) is 5.56 Å². The first-order chi connectivity index (χ1) is 9.78. The van der Waals surface area contributed by atoms with Crippen molar-refractivity contribution in [1.82, 2.24) is 4.98 Å². The molecule has 1 aromatic heterocycles. The normalized spacial score (nSPS) is 10.8. The fraction of sp³-hybridized carbons (Fsp3) is 0.133. The lowest BCUT2D eigenvalue weighted by Crippen LogP contribution is -1.98. The van der Waals surface area contributed by atoms with Gasteiger partial charge in [-0.3, -0.25) is 0 Å². The van der Waals surface area contributed by atoms with Gasteiger partial charge in [0.05, 0.1) is 12.3 Å². The number of oxazole rings is 1. The third-order valence-corrected chi connectivity index (χ3v) is 2.99. The Hall–Kier alpha value is -2.53. The molecule has 0 amide bonds. The highest BCUT2D eigenvalue weighted by molar-refractivity contribution is 5.85. The van der Waals surface area contributed by atoms with Crippen molar-refractivity contribution in [2.75, 3.05) is 5.73 Å². The molecule has 0 atom stereocenters. The molecule has 5 heteroatoms. The summed E-state index contributed by atoms with van der Waals surface area (Å²) < 4.78 is 11.2. The van der Waals surface area contributed by atoms with Gasteiger partial charge in [-0.2, -0.15) is 0 Å². The molecule has 0 aliphatic rings. The number of hydrogen-bond donors (Lipinski definition) is 2. The zero-order chi connectivity index (χ0) is 13.9. The first kappa shape index (κ1) is 12.5. The Kier molecular flexibility index (Phi) is 3.26. The molecule has 0 radical (unpaired) electrons. The topological polar surface area (TPSA) is 81.5 Å². The summed E-state index contributed by atoms with van der Waals surface area (Å²) in [7, 11) is 0. The third-order valence-electron chi connectivity index (χ3n) is 2.99. The minimum Gasteiger partial charge on any atom is -0.483 e. The molecule has 0 bridgehead atoms.